The molecular weight excluding hydrogens is 673 g/mol. The van der Waals surface area contributed by atoms with Gasteiger partial charge in [0.05, 0.1) is 0 Å². The SMILES string of the molecule is c1ccc(-c2cccc(C3C4CCCCC4C(c4cccc(-c5ccccc5)c4)C4C5CCC6C7CCC8CCC9CCC(C%10CCC(C5C%106)C34)C7C98)c2)cc1. The second-order valence-corrected chi connectivity index (χ2v) is 21.5. The first-order chi connectivity index (χ1) is 27.8. The minimum Gasteiger partial charge on any atom is -0.0622 e. The Morgan fingerprint density at radius 3 is 1.12 bits per heavy atom. The van der Waals surface area contributed by atoms with Crippen molar-refractivity contribution in [1.82, 2.24) is 0 Å². The molecule has 0 spiro atoms. The molecule has 9 saturated carbocycles. The fourth-order valence-corrected chi connectivity index (χ4v) is 19.1. The Bertz CT molecular complexity index is 1920. The maximum Gasteiger partial charge on any atom is -0.00965 e. The summed E-state index contributed by atoms with van der Waals surface area (Å²) in [6.45, 7) is 0. The summed E-state index contributed by atoms with van der Waals surface area (Å²) >= 11 is 0. The van der Waals surface area contributed by atoms with Gasteiger partial charge in [-0.3, -0.25) is 0 Å². The highest BCUT2D eigenvalue weighted by Gasteiger charge is 2.70. The fourth-order valence-electron chi connectivity index (χ4n) is 19.1. The molecule has 0 bridgehead atoms. The van der Waals surface area contributed by atoms with Crippen LogP contribution in [0.4, 0.5) is 0 Å². The van der Waals surface area contributed by atoms with E-state index in [4.69, 9.17) is 0 Å². The molecule has 14 atom stereocenters. The highest BCUT2D eigenvalue weighted by atomic mass is 14.7. The van der Waals surface area contributed by atoms with Crippen LogP contribution in [-0.2, 0) is 0 Å². The molecule has 0 nitrogen and oxygen atoms in total. The highest BCUT2D eigenvalue weighted by Crippen LogP contribution is 2.77. The van der Waals surface area contributed by atoms with E-state index in [0.717, 1.165) is 94.7 Å². The summed E-state index contributed by atoms with van der Waals surface area (Å²) in [5.74, 6) is 17.3. The third kappa shape index (κ3) is 4.89. The van der Waals surface area contributed by atoms with E-state index >= 15 is 0 Å². The number of rotatable bonds is 4. The molecule has 0 amide bonds. The van der Waals surface area contributed by atoms with Crippen LogP contribution >= 0.6 is 0 Å². The van der Waals surface area contributed by atoms with Gasteiger partial charge in [-0.05, 0) is 217 Å². The Hall–Kier alpha value is -3.12. The van der Waals surface area contributed by atoms with Crippen LogP contribution in [0, 0.1) is 94.7 Å². The van der Waals surface area contributed by atoms with Gasteiger partial charge in [0.2, 0.25) is 0 Å². The van der Waals surface area contributed by atoms with Gasteiger partial charge in [-0.2, -0.15) is 0 Å². The van der Waals surface area contributed by atoms with Crippen molar-refractivity contribution in [1.29, 1.82) is 0 Å². The van der Waals surface area contributed by atoms with Crippen molar-refractivity contribution in [3.63, 3.8) is 0 Å². The molecule has 0 aliphatic heterocycles. The third-order valence-corrected chi connectivity index (χ3v) is 20.2. The smallest absolute Gasteiger partial charge is 0.00965 e. The van der Waals surface area contributed by atoms with E-state index in [2.05, 4.69) is 109 Å². The van der Waals surface area contributed by atoms with E-state index in [0.29, 0.717) is 11.8 Å². The Morgan fingerprint density at radius 2 is 0.643 bits per heavy atom. The molecule has 9 aliphatic rings. The van der Waals surface area contributed by atoms with Crippen molar-refractivity contribution < 1.29 is 0 Å². The lowest BCUT2D eigenvalue weighted by atomic mass is 9.40. The van der Waals surface area contributed by atoms with Crippen molar-refractivity contribution >= 4 is 0 Å². The first kappa shape index (κ1) is 33.8. The predicted octanol–water partition coefficient (Wildman–Crippen LogP) is 14.3. The maximum absolute atomic E-state index is 2.71. The first-order valence-corrected chi connectivity index (χ1v) is 24.1. The molecule has 0 saturated heterocycles. The lowest BCUT2D eigenvalue weighted by Gasteiger charge is -2.65. The Kier molecular flexibility index (Phi) is 7.97. The van der Waals surface area contributed by atoms with Gasteiger partial charge >= 0.3 is 0 Å². The van der Waals surface area contributed by atoms with Gasteiger partial charge in [-0.25, -0.2) is 0 Å². The van der Waals surface area contributed by atoms with E-state index < -0.39 is 0 Å². The zero-order valence-electron chi connectivity index (χ0n) is 33.7. The number of hydrogen-bond acceptors (Lipinski definition) is 0. The van der Waals surface area contributed by atoms with Crippen LogP contribution in [0.3, 0.4) is 0 Å². The zero-order chi connectivity index (χ0) is 36.5. The summed E-state index contributed by atoms with van der Waals surface area (Å²) in [5, 5.41) is 0. The number of fused-ring (bicyclic) bond motifs is 6. The molecule has 4 aromatic carbocycles. The molecule has 4 aromatic rings. The van der Waals surface area contributed by atoms with E-state index in [-0.39, 0.29) is 0 Å². The zero-order valence-corrected chi connectivity index (χ0v) is 33.7. The summed E-state index contributed by atoms with van der Waals surface area (Å²) in [4.78, 5) is 0. The average Bonchev–Trinajstić information content (AvgIpc) is 3.85. The number of benzene rings is 4. The van der Waals surface area contributed by atoms with Gasteiger partial charge in [-0.1, -0.05) is 122 Å². The van der Waals surface area contributed by atoms with Gasteiger partial charge in [0.15, 0.2) is 0 Å². The first-order valence-electron chi connectivity index (χ1n) is 24.1. The molecule has 9 fully saturated rings. The Morgan fingerprint density at radius 1 is 0.268 bits per heavy atom. The molecule has 56 heavy (non-hydrogen) atoms. The van der Waals surface area contributed by atoms with Gasteiger partial charge in [0, 0.05) is 0 Å². The molecule has 9 aliphatic carbocycles. The quantitative estimate of drug-likeness (QED) is 0.196. The van der Waals surface area contributed by atoms with Crippen molar-refractivity contribution in [2.45, 2.75) is 102 Å². The van der Waals surface area contributed by atoms with Crippen LogP contribution in [0.5, 0.6) is 0 Å². The molecule has 0 heteroatoms. The molecule has 288 valence electrons. The van der Waals surface area contributed by atoms with Crippen LogP contribution in [0.15, 0.2) is 109 Å². The summed E-state index contributed by atoms with van der Waals surface area (Å²) < 4.78 is 0. The summed E-state index contributed by atoms with van der Waals surface area (Å²) in [7, 11) is 0. The van der Waals surface area contributed by atoms with Gasteiger partial charge in [0.1, 0.15) is 0 Å². The van der Waals surface area contributed by atoms with Crippen molar-refractivity contribution in [2.24, 2.45) is 94.7 Å². The molecule has 0 radical (unpaired) electrons. The molecular formula is C56H64. The van der Waals surface area contributed by atoms with Crippen molar-refractivity contribution in [2.75, 3.05) is 0 Å². The molecule has 14 unspecified atom stereocenters. The molecule has 0 aromatic heterocycles. The second kappa shape index (κ2) is 13.2. The van der Waals surface area contributed by atoms with Crippen LogP contribution in [0.2, 0.25) is 0 Å². The Balaban J connectivity index is 0.958. The minimum absolute atomic E-state index is 0.717. The normalized spacial score (nSPS) is 45.2. The van der Waals surface area contributed by atoms with Crippen molar-refractivity contribution in [3.05, 3.63) is 120 Å². The predicted molar refractivity (Wildman–Crippen MR) is 230 cm³/mol. The summed E-state index contributed by atoms with van der Waals surface area (Å²) in [6, 6.07) is 43.1. The molecule has 0 heterocycles. The highest BCUT2D eigenvalue weighted by molar-refractivity contribution is 5.65. The molecule has 0 N–H and O–H groups in total. The van der Waals surface area contributed by atoms with E-state index in [1.54, 1.807) is 75.3 Å². The summed E-state index contributed by atoms with van der Waals surface area (Å²) in [6.07, 6.45) is 21.6. The number of hydrogen-bond donors (Lipinski definition) is 0. The van der Waals surface area contributed by atoms with E-state index in [1.807, 2.05) is 0 Å². The lowest BCUT2D eigenvalue weighted by molar-refractivity contribution is -0.169. The third-order valence-electron chi connectivity index (χ3n) is 20.2. The minimum atomic E-state index is 0.717. The average molecular weight is 737 g/mol. The van der Waals surface area contributed by atoms with Crippen LogP contribution in [0.1, 0.15) is 113 Å². The molecule has 13 rings (SSSR count). The monoisotopic (exact) mass is 737 g/mol. The standard InChI is InChI=1S/C56H64/c1-3-11-33(12-4-1)37-15-9-17-39(31-37)50-41-19-7-8-20-42(41)51(40-18-10-16-38(32-40)34-13-5-2-6-14-34)56-48-30-28-46-44-26-24-36-22-21-35-23-25-43(52(44)49(35)36)45-27-29-47(55(50)56)54(48)53(45)46/h1-6,9-18,31-32,35-36,41-56H,7-8,19-30H2. The van der Waals surface area contributed by atoms with Gasteiger partial charge in [-0.15, -0.1) is 0 Å². The van der Waals surface area contributed by atoms with E-state index in [9.17, 15) is 0 Å². The lowest BCUT2D eigenvalue weighted by Crippen LogP contribution is -2.59. The maximum atomic E-state index is 2.71. The van der Waals surface area contributed by atoms with Crippen LogP contribution in [0.25, 0.3) is 22.3 Å². The second-order valence-electron chi connectivity index (χ2n) is 21.5. The largest absolute Gasteiger partial charge is 0.0622 e. The Labute approximate surface area is 337 Å². The van der Waals surface area contributed by atoms with Crippen LogP contribution < -0.4 is 0 Å². The van der Waals surface area contributed by atoms with Gasteiger partial charge < -0.3 is 0 Å². The topological polar surface area (TPSA) is 0 Å². The van der Waals surface area contributed by atoms with Crippen LogP contribution in [-0.4, -0.2) is 0 Å². The summed E-state index contributed by atoms with van der Waals surface area (Å²) in [5.41, 5.74) is 9.11. The fraction of sp³-hybridized carbons (Fsp3) is 0.571. The van der Waals surface area contributed by atoms with Crippen molar-refractivity contribution in [3.8, 4) is 22.3 Å². The van der Waals surface area contributed by atoms with E-state index in [1.165, 1.54) is 47.9 Å². The van der Waals surface area contributed by atoms with Gasteiger partial charge in [0.25, 0.3) is 0 Å².